The van der Waals surface area contributed by atoms with Crippen LogP contribution in [0.1, 0.15) is 5.56 Å². The molecule has 0 aliphatic heterocycles. The monoisotopic (exact) mass is 371 g/mol. The van der Waals surface area contributed by atoms with Crippen molar-refractivity contribution in [2.45, 2.75) is 6.61 Å². The summed E-state index contributed by atoms with van der Waals surface area (Å²) >= 11 is 6.83. The Hall–Kier alpha value is -1.14. The molecule has 1 aromatic carbocycles. The number of halogens is 2. The molecule has 1 heterocycles. The van der Waals surface area contributed by atoms with E-state index in [4.69, 9.17) is 4.74 Å². The second-order valence-electron chi connectivity index (χ2n) is 3.51. The number of aromatic nitrogens is 2. The topological polar surface area (TPSA) is 47.0 Å². The molecule has 0 fully saturated rings. The van der Waals surface area contributed by atoms with Crippen molar-refractivity contribution in [3.63, 3.8) is 0 Å². The van der Waals surface area contributed by atoms with Gasteiger partial charge in [0.1, 0.15) is 23.2 Å². The molecule has 0 radical (unpaired) electrons. The van der Waals surface area contributed by atoms with Crippen LogP contribution in [0.15, 0.2) is 39.5 Å². The van der Waals surface area contributed by atoms with Gasteiger partial charge >= 0.3 is 0 Å². The Balaban J connectivity index is 2.11. The SMILES string of the molecule is CNc1ncnc(OCc2cccc(Br)c2)c1Br. The first-order valence-electron chi connectivity index (χ1n) is 5.26. The van der Waals surface area contributed by atoms with Crippen molar-refractivity contribution >= 4 is 37.7 Å². The normalized spacial score (nSPS) is 10.2. The highest BCUT2D eigenvalue weighted by Crippen LogP contribution is 2.28. The van der Waals surface area contributed by atoms with Gasteiger partial charge < -0.3 is 10.1 Å². The largest absolute Gasteiger partial charge is 0.472 e. The zero-order chi connectivity index (χ0) is 13.0. The minimum Gasteiger partial charge on any atom is -0.472 e. The van der Waals surface area contributed by atoms with Crippen molar-refractivity contribution < 1.29 is 4.74 Å². The maximum absolute atomic E-state index is 5.66. The minimum absolute atomic E-state index is 0.457. The van der Waals surface area contributed by atoms with Crippen LogP contribution in [0.5, 0.6) is 5.88 Å². The number of rotatable bonds is 4. The molecular formula is C12H11Br2N3O. The van der Waals surface area contributed by atoms with Gasteiger partial charge in [-0.2, -0.15) is 0 Å². The number of benzene rings is 1. The number of nitrogens with zero attached hydrogens (tertiary/aromatic N) is 2. The molecular weight excluding hydrogens is 362 g/mol. The number of hydrogen-bond acceptors (Lipinski definition) is 4. The Morgan fingerprint density at radius 1 is 1.28 bits per heavy atom. The predicted octanol–water partition coefficient (Wildman–Crippen LogP) is 3.62. The van der Waals surface area contributed by atoms with Crippen molar-refractivity contribution in [3.8, 4) is 5.88 Å². The molecule has 0 spiro atoms. The van der Waals surface area contributed by atoms with Gasteiger partial charge in [-0.15, -0.1) is 0 Å². The molecule has 2 rings (SSSR count). The van der Waals surface area contributed by atoms with Gasteiger partial charge in [0.15, 0.2) is 0 Å². The van der Waals surface area contributed by atoms with E-state index in [0.717, 1.165) is 14.5 Å². The Morgan fingerprint density at radius 3 is 2.83 bits per heavy atom. The van der Waals surface area contributed by atoms with Crippen LogP contribution < -0.4 is 10.1 Å². The number of hydrogen-bond donors (Lipinski definition) is 1. The van der Waals surface area contributed by atoms with Crippen molar-refractivity contribution in [1.82, 2.24) is 9.97 Å². The van der Waals surface area contributed by atoms with E-state index in [1.807, 2.05) is 24.3 Å². The van der Waals surface area contributed by atoms with Gasteiger partial charge in [-0.25, -0.2) is 9.97 Å². The smallest absolute Gasteiger partial charge is 0.233 e. The Morgan fingerprint density at radius 2 is 2.11 bits per heavy atom. The Labute approximate surface area is 122 Å². The highest BCUT2D eigenvalue weighted by Gasteiger charge is 2.08. The standard InChI is InChI=1S/C12H11Br2N3O/c1-15-11-10(14)12(17-7-16-11)18-6-8-3-2-4-9(13)5-8/h2-5,7H,6H2,1H3,(H,15,16,17). The van der Waals surface area contributed by atoms with Crippen molar-refractivity contribution in [2.24, 2.45) is 0 Å². The van der Waals surface area contributed by atoms with E-state index in [-0.39, 0.29) is 0 Å². The maximum Gasteiger partial charge on any atom is 0.233 e. The number of ether oxygens (including phenoxy) is 1. The van der Waals surface area contributed by atoms with Crippen LogP contribution in [-0.2, 0) is 6.61 Å². The summed E-state index contributed by atoms with van der Waals surface area (Å²) in [5, 5.41) is 2.96. The molecule has 0 saturated carbocycles. The van der Waals surface area contributed by atoms with Crippen LogP contribution >= 0.6 is 31.9 Å². The zero-order valence-corrected chi connectivity index (χ0v) is 12.8. The number of anilines is 1. The van der Waals surface area contributed by atoms with Crippen molar-refractivity contribution in [2.75, 3.05) is 12.4 Å². The highest BCUT2D eigenvalue weighted by molar-refractivity contribution is 9.11. The van der Waals surface area contributed by atoms with E-state index in [0.29, 0.717) is 18.3 Å². The lowest BCUT2D eigenvalue weighted by Gasteiger charge is -2.09. The molecule has 94 valence electrons. The first-order valence-corrected chi connectivity index (χ1v) is 6.85. The third-order valence-electron chi connectivity index (χ3n) is 2.26. The molecule has 1 N–H and O–H groups in total. The molecule has 0 atom stereocenters. The molecule has 0 aliphatic rings. The molecule has 6 heteroatoms. The van der Waals surface area contributed by atoms with Crippen LogP contribution in [-0.4, -0.2) is 17.0 Å². The summed E-state index contributed by atoms with van der Waals surface area (Å²) in [6, 6.07) is 7.95. The summed E-state index contributed by atoms with van der Waals surface area (Å²) in [7, 11) is 1.80. The fourth-order valence-electron chi connectivity index (χ4n) is 1.41. The fourth-order valence-corrected chi connectivity index (χ4v) is 2.37. The fraction of sp³-hybridized carbons (Fsp3) is 0.167. The minimum atomic E-state index is 0.457. The third kappa shape index (κ3) is 3.20. The van der Waals surface area contributed by atoms with E-state index in [1.54, 1.807) is 7.05 Å². The van der Waals surface area contributed by atoms with Crippen molar-refractivity contribution in [1.29, 1.82) is 0 Å². The second-order valence-corrected chi connectivity index (χ2v) is 5.22. The second kappa shape index (κ2) is 6.15. The van der Waals surface area contributed by atoms with Crippen LogP contribution in [0, 0.1) is 0 Å². The first kappa shape index (κ1) is 13.3. The zero-order valence-electron chi connectivity index (χ0n) is 9.65. The highest BCUT2D eigenvalue weighted by atomic mass is 79.9. The molecule has 0 saturated heterocycles. The maximum atomic E-state index is 5.66. The average Bonchev–Trinajstić information content (AvgIpc) is 2.38. The van der Waals surface area contributed by atoms with Crippen LogP contribution in [0.3, 0.4) is 0 Å². The van der Waals surface area contributed by atoms with Crippen LogP contribution in [0.2, 0.25) is 0 Å². The van der Waals surface area contributed by atoms with Crippen molar-refractivity contribution in [3.05, 3.63) is 45.1 Å². The van der Waals surface area contributed by atoms with E-state index in [2.05, 4.69) is 47.1 Å². The first-order chi connectivity index (χ1) is 8.70. The molecule has 0 bridgehead atoms. The molecule has 4 nitrogen and oxygen atoms in total. The van der Waals surface area contributed by atoms with E-state index in [9.17, 15) is 0 Å². The quantitative estimate of drug-likeness (QED) is 0.890. The predicted molar refractivity (Wildman–Crippen MR) is 77.8 cm³/mol. The van der Waals surface area contributed by atoms with Crippen LogP contribution in [0.25, 0.3) is 0 Å². The lowest BCUT2D eigenvalue weighted by molar-refractivity contribution is 0.291. The number of nitrogens with one attached hydrogen (secondary N) is 1. The molecule has 0 aliphatic carbocycles. The van der Waals surface area contributed by atoms with E-state index in [1.165, 1.54) is 6.33 Å². The third-order valence-corrected chi connectivity index (χ3v) is 3.47. The van der Waals surface area contributed by atoms with Gasteiger partial charge in [0.25, 0.3) is 0 Å². The molecule has 0 amide bonds. The van der Waals surface area contributed by atoms with Gasteiger partial charge in [0, 0.05) is 11.5 Å². The van der Waals surface area contributed by atoms with Gasteiger partial charge in [0.05, 0.1) is 0 Å². The summed E-state index contributed by atoms with van der Waals surface area (Å²) in [4.78, 5) is 8.16. The summed E-state index contributed by atoms with van der Waals surface area (Å²) in [6.45, 7) is 0.457. The average molecular weight is 373 g/mol. The lowest BCUT2D eigenvalue weighted by atomic mass is 10.2. The van der Waals surface area contributed by atoms with E-state index < -0.39 is 0 Å². The lowest BCUT2D eigenvalue weighted by Crippen LogP contribution is -2.01. The summed E-state index contributed by atoms with van der Waals surface area (Å²) in [5.74, 6) is 1.23. The Bertz CT molecular complexity index is 549. The molecule has 1 aromatic heterocycles. The van der Waals surface area contributed by atoms with Gasteiger partial charge in [-0.05, 0) is 33.6 Å². The van der Waals surface area contributed by atoms with Gasteiger partial charge in [-0.3, -0.25) is 0 Å². The summed E-state index contributed by atoms with van der Waals surface area (Å²) < 4.78 is 7.41. The summed E-state index contributed by atoms with van der Waals surface area (Å²) in [6.07, 6.45) is 1.47. The Kier molecular flexibility index (Phi) is 4.54. The molecule has 0 unspecified atom stereocenters. The van der Waals surface area contributed by atoms with E-state index >= 15 is 0 Å². The van der Waals surface area contributed by atoms with Gasteiger partial charge in [-0.1, -0.05) is 28.1 Å². The molecule has 2 aromatic rings. The van der Waals surface area contributed by atoms with Crippen LogP contribution in [0.4, 0.5) is 5.82 Å². The molecule has 18 heavy (non-hydrogen) atoms. The van der Waals surface area contributed by atoms with Gasteiger partial charge in [0.2, 0.25) is 5.88 Å². The summed E-state index contributed by atoms with van der Waals surface area (Å²) in [5.41, 5.74) is 1.07.